The van der Waals surface area contributed by atoms with Crippen LogP contribution in [0.4, 0.5) is 11.4 Å². The first-order valence-electron chi connectivity index (χ1n) is 8.66. The smallest absolute Gasteiger partial charge is 0.311 e. The standard InChI is InChI=1S/C21H17N3O3S/c1-13-6-2-4-8-16(13)23-19(25)12-24-20(26)18(28-21(24)27)10-14-11-22-17-9-5-3-7-15(14)17/h2-11,26H,12H2,1H3,(H,23,25)/b14-10+. The van der Waals surface area contributed by atoms with E-state index < -0.39 is 4.87 Å². The molecule has 0 spiro atoms. The number of fused-ring (bicyclic) bond motifs is 1. The van der Waals surface area contributed by atoms with Crippen molar-refractivity contribution < 1.29 is 9.90 Å². The Balaban J connectivity index is 1.58. The maximum atomic E-state index is 12.3. The minimum Gasteiger partial charge on any atom is -0.493 e. The molecular formula is C21H17N3O3S. The molecule has 0 saturated carbocycles. The van der Waals surface area contributed by atoms with E-state index in [1.165, 1.54) is 0 Å². The Morgan fingerprint density at radius 1 is 1.21 bits per heavy atom. The van der Waals surface area contributed by atoms with E-state index in [0.717, 1.165) is 38.3 Å². The number of para-hydroxylation sites is 2. The Hall–Kier alpha value is -3.45. The number of allylic oxidation sites excluding steroid dienone is 1. The van der Waals surface area contributed by atoms with Crippen LogP contribution in [0, 0.1) is 6.92 Å². The Morgan fingerprint density at radius 3 is 2.79 bits per heavy atom. The number of hydrogen-bond donors (Lipinski definition) is 2. The van der Waals surface area contributed by atoms with Crippen LogP contribution in [0.25, 0.3) is 11.6 Å². The maximum absolute atomic E-state index is 12.3. The monoisotopic (exact) mass is 391 g/mol. The van der Waals surface area contributed by atoms with Crippen molar-refractivity contribution in [2.75, 3.05) is 5.32 Å². The maximum Gasteiger partial charge on any atom is 0.311 e. The van der Waals surface area contributed by atoms with Crippen LogP contribution >= 0.6 is 11.3 Å². The van der Waals surface area contributed by atoms with Crippen molar-refractivity contribution in [3.8, 4) is 5.88 Å². The number of benzene rings is 2. The van der Waals surface area contributed by atoms with E-state index >= 15 is 0 Å². The fraction of sp³-hybridized carbons (Fsp3) is 0.0952. The number of aryl methyl sites for hydroxylation is 1. The van der Waals surface area contributed by atoms with Crippen molar-refractivity contribution in [3.05, 3.63) is 74.2 Å². The fourth-order valence-corrected chi connectivity index (χ4v) is 3.83. The van der Waals surface area contributed by atoms with Crippen LogP contribution in [-0.2, 0) is 11.3 Å². The number of carbonyl (C=O) groups excluding carboxylic acids is 1. The summed E-state index contributed by atoms with van der Waals surface area (Å²) in [5.41, 5.74) is 4.19. The van der Waals surface area contributed by atoms with Crippen LogP contribution in [0.1, 0.15) is 16.0 Å². The van der Waals surface area contributed by atoms with Gasteiger partial charge in [0, 0.05) is 23.0 Å². The lowest BCUT2D eigenvalue weighted by Gasteiger charge is -2.08. The van der Waals surface area contributed by atoms with E-state index in [1.807, 2.05) is 49.4 Å². The third-order valence-corrected chi connectivity index (χ3v) is 5.37. The molecule has 7 heteroatoms. The summed E-state index contributed by atoms with van der Waals surface area (Å²) in [5.74, 6) is -0.600. The average molecular weight is 391 g/mol. The predicted molar refractivity (Wildman–Crippen MR) is 113 cm³/mol. The quantitative estimate of drug-likeness (QED) is 0.709. The molecule has 0 saturated heterocycles. The number of nitrogens with zero attached hydrogens (tertiary/aromatic N) is 2. The third kappa shape index (κ3) is 3.39. The molecule has 3 aromatic rings. The number of amides is 1. The van der Waals surface area contributed by atoms with Gasteiger partial charge in [0.1, 0.15) is 6.54 Å². The number of hydrogen-bond acceptors (Lipinski definition) is 5. The van der Waals surface area contributed by atoms with Gasteiger partial charge >= 0.3 is 4.87 Å². The van der Waals surface area contributed by atoms with Gasteiger partial charge in [0.25, 0.3) is 0 Å². The molecule has 1 aliphatic heterocycles. The number of anilines is 1. The fourth-order valence-electron chi connectivity index (χ4n) is 2.99. The molecule has 0 unspecified atom stereocenters. The average Bonchev–Trinajstić information content (AvgIpc) is 3.20. The molecule has 140 valence electrons. The van der Waals surface area contributed by atoms with Crippen molar-refractivity contribution in [2.45, 2.75) is 13.5 Å². The van der Waals surface area contributed by atoms with Gasteiger partial charge in [0.2, 0.25) is 11.8 Å². The molecule has 2 heterocycles. The van der Waals surface area contributed by atoms with Gasteiger partial charge in [-0.25, -0.2) is 0 Å². The lowest BCUT2D eigenvalue weighted by Crippen LogP contribution is -2.24. The first-order chi connectivity index (χ1) is 13.5. The highest BCUT2D eigenvalue weighted by Crippen LogP contribution is 2.34. The molecule has 2 aromatic carbocycles. The molecule has 0 radical (unpaired) electrons. The Kier molecular flexibility index (Phi) is 4.67. The molecule has 28 heavy (non-hydrogen) atoms. The van der Waals surface area contributed by atoms with E-state index in [4.69, 9.17) is 0 Å². The lowest BCUT2D eigenvalue weighted by molar-refractivity contribution is -0.116. The number of nitrogens with one attached hydrogen (secondary N) is 1. The second kappa shape index (κ2) is 7.28. The number of aliphatic imine (C=N–C) groups is 1. The summed E-state index contributed by atoms with van der Waals surface area (Å²) in [6, 6.07) is 15.0. The molecular weight excluding hydrogens is 374 g/mol. The molecule has 4 rings (SSSR count). The van der Waals surface area contributed by atoms with Gasteiger partial charge in [0.05, 0.1) is 10.6 Å². The molecule has 0 fully saturated rings. The number of aromatic hydroxyl groups is 1. The van der Waals surface area contributed by atoms with Crippen molar-refractivity contribution in [1.82, 2.24) is 4.57 Å². The van der Waals surface area contributed by atoms with E-state index in [2.05, 4.69) is 10.3 Å². The van der Waals surface area contributed by atoms with Crippen LogP contribution in [0.3, 0.4) is 0 Å². The van der Waals surface area contributed by atoms with Gasteiger partial charge in [-0.3, -0.25) is 19.1 Å². The predicted octanol–water partition coefficient (Wildman–Crippen LogP) is 3.82. The van der Waals surface area contributed by atoms with E-state index in [9.17, 15) is 14.7 Å². The molecule has 1 aliphatic rings. The van der Waals surface area contributed by atoms with E-state index in [-0.39, 0.29) is 18.3 Å². The largest absolute Gasteiger partial charge is 0.493 e. The Labute approximate surface area is 165 Å². The first-order valence-corrected chi connectivity index (χ1v) is 9.48. The molecule has 0 aliphatic carbocycles. The number of aromatic nitrogens is 1. The molecule has 2 N–H and O–H groups in total. The van der Waals surface area contributed by atoms with Crippen molar-refractivity contribution in [3.63, 3.8) is 0 Å². The molecule has 0 bridgehead atoms. The summed E-state index contributed by atoms with van der Waals surface area (Å²) in [7, 11) is 0. The topological polar surface area (TPSA) is 83.7 Å². The van der Waals surface area contributed by atoms with Crippen LogP contribution in [0.5, 0.6) is 5.88 Å². The second-order valence-corrected chi connectivity index (χ2v) is 7.37. The summed E-state index contributed by atoms with van der Waals surface area (Å²) in [6.45, 7) is 1.62. The molecule has 6 nitrogen and oxygen atoms in total. The van der Waals surface area contributed by atoms with E-state index in [1.54, 1.807) is 18.4 Å². The Morgan fingerprint density at radius 2 is 1.96 bits per heavy atom. The van der Waals surface area contributed by atoms with Crippen LogP contribution in [0.15, 0.2) is 58.3 Å². The van der Waals surface area contributed by atoms with Gasteiger partial charge in [0.15, 0.2) is 0 Å². The zero-order chi connectivity index (χ0) is 19.7. The van der Waals surface area contributed by atoms with Gasteiger partial charge < -0.3 is 10.4 Å². The van der Waals surface area contributed by atoms with Crippen molar-refractivity contribution in [2.24, 2.45) is 4.99 Å². The summed E-state index contributed by atoms with van der Waals surface area (Å²) in [4.78, 5) is 29.0. The minimum absolute atomic E-state index is 0.222. The zero-order valence-corrected chi connectivity index (χ0v) is 15.9. The number of thiazole rings is 1. The lowest BCUT2D eigenvalue weighted by atomic mass is 10.1. The van der Waals surface area contributed by atoms with Gasteiger partial charge in [-0.1, -0.05) is 47.7 Å². The molecule has 1 aromatic heterocycles. The van der Waals surface area contributed by atoms with Gasteiger partial charge in [-0.2, -0.15) is 0 Å². The van der Waals surface area contributed by atoms with Crippen LogP contribution in [0.2, 0.25) is 0 Å². The third-order valence-electron chi connectivity index (χ3n) is 4.46. The Bertz CT molecular complexity index is 1190. The second-order valence-electron chi connectivity index (χ2n) is 6.38. The summed E-state index contributed by atoms with van der Waals surface area (Å²) >= 11 is 0.893. The van der Waals surface area contributed by atoms with Crippen LogP contribution in [-0.4, -0.2) is 21.8 Å². The zero-order valence-electron chi connectivity index (χ0n) is 15.0. The van der Waals surface area contributed by atoms with Gasteiger partial charge in [-0.15, -0.1) is 0 Å². The summed E-state index contributed by atoms with van der Waals surface area (Å²) < 4.78 is 1.07. The van der Waals surface area contributed by atoms with Crippen LogP contribution < -0.4 is 10.2 Å². The minimum atomic E-state index is -0.396. The number of rotatable bonds is 4. The highest BCUT2D eigenvalue weighted by molar-refractivity contribution is 7.10. The highest BCUT2D eigenvalue weighted by Gasteiger charge is 2.18. The van der Waals surface area contributed by atoms with Gasteiger partial charge in [-0.05, 0) is 30.7 Å². The van der Waals surface area contributed by atoms with E-state index in [0.29, 0.717) is 10.6 Å². The summed E-state index contributed by atoms with van der Waals surface area (Å²) in [5, 5.41) is 13.3. The SMILES string of the molecule is Cc1ccccc1NC(=O)Cn1c(O)c(/C=C2\C=Nc3ccccc32)sc1=O. The first kappa shape index (κ1) is 17.9. The van der Waals surface area contributed by atoms with Crippen molar-refractivity contribution in [1.29, 1.82) is 0 Å². The summed E-state index contributed by atoms with van der Waals surface area (Å²) in [6.07, 6.45) is 3.41. The highest BCUT2D eigenvalue weighted by atomic mass is 32.1. The normalized spacial score (nSPS) is 13.7. The molecule has 1 amide bonds. The number of carbonyl (C=O) groups is 1. The molecule has 0 atom stereocenters. The van der Waals surface area contributed by atoms with Crippen molar-refractivity contribution >= 4 is 46.5 Å².